The number of hydrogen-bond acceptors (Lipinski definition) is 1. The van der Waals surface area contributed by atoms with Gasteiger partial charge in [0, 0.05) is 18.5 Å². The molecule has 0 aliphatic heterocycles. The van der Waals surface area contributed by atoms with E-state index in [0.717, 1.165) is 6.42 Å². The summed E-state index contributed by atoms with van der Waals surface area (Å²) in [4.78, 5) is 0. The molecule has 0 fully saturated rings. The van der Waals surface area contributed by atoms with Crippen molar-refractivity contribution < 1.29 is 0 Å². The molecule has 16 heavy (non-hydrogen) atoms. The SMILES string of the molecule is C#CCC(C)NC(C)c1cc(C)cc(C)c1. The van der Waals surface area contributed by atoms with Gasteiger partial charge in [0.25, 0.3) is 0 Å². The Balaban J connectivity index is 2.73. The van der Waals surface area contributed by atoms with Crippen LogP contribution in [-0.4, -0.2) is 6.04 Å². The van der Waals surface area contributed by atoms with Gasteiger partial charge in [0.15, 0.2) is 0 Å². The van der Waals surface area contributed by atoms with Crippen LogP contribution in [0, 0.1) is 26.2 Å². The Bertz CT molecular complexity index is 367. The minimum atomic E-state index is 0.349. The van der Waals surface area contributed by atoms with Gasteiger partial charge in [-0.15, -0.1) is 12.3 Å². The summed E-state index contributed by atoms with van der Waals surface area (Å²) in [6.07, 6.45) is 6.08. The van der Waals surface area contributed by atoms with Crippen molar-refractivity contribution in [2.45, 2.75) is 46.2 Å². The van der Waals surface area contributed by atoms with Crippen molar-refractivity contribution in [1.82, 2.24) is 5.32 Å². The Morgan fingerprint density at radius 3 is 2.25 bits per heavy atom. The molecule has 0 amide bonds. The Hall–Kier alpha value is -1.26. The summed E-state index contributed by atoms with van der Waals surface area (Å²) in [5, 5.41) is 3.51. The van der Waals surface area contributed by atoms with Gasteiger partial charge < -0.3 is 5.32 Å². The molecule has 0 heterocycles. The highest BCUT2D eigenvalue weighted by atomic mass is 14.9. The summed E-state index contributed by atoms with van der Waals surface area (Å²) >= 11 is 0. The first kappa shape index (κ1) is 12.8. The highest BCUT2D eigenvalue weighted by Crippen LogP contribution is 2.17. The van der Waals surface area contributed by atoms with Gasteiger partial charge >= 0.3 is 0 Å². The quantitative estimate of drug-likeness (QED) is 0.759. The standard InChI is InChI=1S/C15H21N/c1-6-7-13(4)16-14(5)15-9-11(2)8-12(3)10-15/h1,8-10,13-14,16H,7H2,2-5H3. The van der Waals surface area contributed by atoms with Crippen LogP contribution in [0.25, 0.3) is 0 Å². The third-order valence-corrected chi connectivity index (χ3v) is 2.70. The van der Waals surface area contributed by atoms with Gasteiger partial charge in [0.05, 0.1) is 0 Å². The first-order valence-electron chi connectivity index (χ1n) is 5.80. The average molecular weight is 215 g/mol. The van der Waals surface area contributed by atoms with E-state index in [4.69, 9.17) is 6.42 Å². The maximum Gasteiger partial charge on any atom is 0.0294 e. The van der Waals surface area contributed by atoms with Crippen LogP contribution in [0.4, 0.5) is 0 Å². The smallest absolute Gasteiger partial charge is 0.0294 e. The molecule has 1 aromatic rings. The molecule has 1 N–H and O–H groups in total. The molecular weight excluding hydrogens is 194 g/mol. The zero-order valence-corrected chi connectivity index (χ0v) is 10.7. The topological polar surface area (TPSA) is 12.0 Å². The van der Waals surface area contributed by atoms with Crippen molar-refractivity contribution >= 4 is 0 Å². The van der Waals surface area contributed by atoms with Crippen molar-refractivity contribution in [1.29, 1.82) is 0 Å². The molecule has 2 atom stereocenters. The summed E-state index contributed by atoms with van der Waals surface area (Å²) in [6, 6.07) is 7.37. The van der Waals surface area contributed by atoms with E-state index < -0.39 is 0 Å². The fraction of sp³-hybridized carbons (Fsp3) is 0.467. The van der Waals surface area contributed by atoms with Gasteiger partial charge in [-0.05, 0) is 33.3 Å². The van der Waals surface area contributed by atoms with Crippen molar-refractivity contribution in [3.63, 3.8) is 0 Å². The lowest BCUT2D eigenvalue weighted by Gasteiger charge is -2.19. The Morgan fingerprint density at radius 1 is 1.19 bits per heavy atom. The van der Waals surface area contributed by atoms with Gasteiger partial charge in [-0.1, -0.05) is 29.3 Å². The van der Waals surface area contributed by atoms with Gasteiger partial charge in [0.2, 0.25) is 0 Å². The van der Waals surface area contributed by atoms with Gasteiger partial charge in [-0.25, -0.2) is 0 Å². The normalized spacial score (nSPS) is 14.2. The lowest BCUT2D eigenvalue weighted by molar-refractivity contribution is 0.486. The third kappa shape index (κ3) is 3.72. The summed E-state index contributed by atoms with van der Waals surface area (Å²) in [5.41, 5.74) is 3.96. The van der Waals surface area contributed by atoms with Crippen molar-refractivity contribution in [2.24, 2.45) is 0 Å². The minimum absolute atomic E-state index is 0.349. The molecule has 0 aliphatic carbocycles. The fourth-order valence-electron chi connectivity index (χ4n) is 2.02. The molecule has 86 valence electrons. The van der Waals surface area contributed by atoms with Crippen molar-refractivity contribution in [3.05, 3.63) is 34.9 Å². The van der Waals surface area contributed by atoms with Gasteiger partial charge in [0.1, 0.15) is 0 Å². The fourth-order valence-corrected chi connectivity index (χ4v) is 2.02. The zero-order chi connectivity index (χ0) is 12.1. The molecule has 2 unspecified atom stereocenters. The van der Waals surface area contributed by atoms with E-state index in [1.807, 2.05) is 0 Å². The van der Waals surface area contributed by atoms with Crippen LogP contribution in [0.2, 0.25) is 0 Å². The average Bonchev–Trinajstić information content (AvgIpc) is 2.16. The van der Waals surface area contributed by atoms with E-state index in [2.05, 4.69) is 57.1 Å². The van der Waals surface area contributed by atoms with Gasteiger partial charge in [-0.3, -0.25) is 0 Å². The molecular formula is C15H21N. The summed E-state index contributed by atoms with van der Waals surface area (Å²) < 4.78 is 0. The largest absolute Gasteiger partial charge is 0.307 e. The summed E-state index contributed by atoms with van der Waals surface area (Å²) in [6.45, 7) is 8.57. The molecule has 0 aromatic heterocycles. The van der Waals surface area contributed by atoms with E-state index in [-0.39, 0.29) is 0 Å². The highest BCUT2D eigenvalue weighted by Gasteiger charge is 2.09. The van der Waals surface area contributed by atoms with Crippen LogP contribution in [0.15, 0.2) is 18.2 Å². The van der Waals surface area contributed by atoms with E-state index in [0.29, 0.717) is 12.1 Å². The predicted octanol–water partition coefficient (Wildman–Crippen LogP) is 3.37. The van der Waals surface area contributed by atoms with Crippen molar-refractivity contribution in [2.75, 3.05) is 0 Å². The molecule has 1 nitrogen and oxygen atoms in total. The highest BCUT2D eigenvalue weighted by molar-refractivity contribution is 5.30. The third-order valence-electron chi connectivity index (χ3n) is 2.70. The van der Waals surface area contributed by atoms with Crippen LogP contribution >= 0.6 is 0 Å². The van der Waals surface area contributed by atoms with E-state index in [1.54, 1.807) is 0 Å². The van der Waals surface area contributed by atoms with E-state index in [1.165, 1.54) is 16.7 Å². The number of terminal acetylenes is 1. The van der Waals surface area contributed by atoms with Crippen LogP contribution in [0.3, 0.4) is 0 Å². The molecule has 0 spiro atoms. The Morgan fingerprint density at radius 2 is 1.75 bits per heavy atom. The van der Waals surface area contributed by atoms with Crippen molar-refractivity contribution in [3.8, 4) is 12.3 Å². The first-order chi connectivity index (χ1) is 7.52. The Labute approximate surface area is 99.3 Å². The van der Waals surface area contributed by atoms with E-state index in [9.17, 15) is 0 Å². The molecule has 1 aromatic carbocycles. The van der Waals surface area contributed by atoms with Crippen LogP contribution in [0.1, 0.15) is 43.0 Å². The minimum Gasteiger partial charge on any atom is -0.307 e. The maximum absolute atomic E-state index is 5.30. The first-order valence-corrected chi connectivity index (χ1v) is 5.80. The second-order valence-electron chi connectivity index (χ2n) is 4.62. The van der Waals surface area contributed by atoms with E-state index >= 15 is 0 Å². The second kappa shape index (κ2) is 5.72. The number of hydrogen-bond donors (Lipinski definition) is 1. The second-order valence-corrected chi connectivity index (χ2v) is 4.62. The van der Waals surface area contributed by atoms with Crippen LogP contribution in [0.5, 0.6) is 0 Å². The summed E-state index contributed by atoms with van der Waals surface area (Å²) in [5.74, 6) is 2.68. The lowest BCUT2D eigenvalue weighted by Crippen LogP contribution is -2.28. The molecule has 0 saturated carbocycles. The van der Waals surface area contributed by atoms with Gasteiger partial charge in [-0.2, -0.15) is 0 Å². The maximum atomic E-state index is 5.30. The predicted molar refractivity (Wildman–Crippen MR) is 70.4 cm³/mol. The molecule has 0 radical (unpaired) electrons. The molecule has 0 saturated heterocycles. The number of rotatable bonds is 4. The van der Waals surface area contributed by atoms with Crippen LogP contribution in [-0.2, 0) is 0 Å². The lowest BCUT2D eigenvalue weighted by atomic mass is 10.0. The number of nitrogens with one attached hydrogen (secondary N) is 1. The number of aryl methyl sites for hydroxylation is 2. The monoisotopic (exact) mass is 215 g/mol. The zero-order valence-electron chi connectivity index (χ0n) is 10.7. The molecule has 1 heteroatoms. The molecule has 0 bridgehead atoms. The van der Waals surface area contributed by atoms with Crippen LogP contribution < -0.4 is 5.32 Å². The number of benzene rings is 1. The Kier molecular flexibility index (Phi) is 4.58. The summed E-state index contributed by atoms with van der Waals surface area (Å²) in [7, 11) is 0. The molecule has 1 rings (SSSR count). The molecule has 0 aliphatic rings.